The Morgan fingerprint density at radius 3 is 3.06 bits per heavy atom. The molecule has 1 atom stereocenters. The third-order valence-electron chi connectivity index (χ3n) is 2.79. The standard InChI is InChI=1S/C12H15ClN2S2/c13-8-3-4-10(12(14)16)11(6-8)15-7-9-2-1-5-17-9/h3-4,6,9,15H,1-2,5,7H2,(H2,14,16). The lowest BCUT2D eigenvalue weighted by atomic mass is 10.1. The summed E-state index contributed by atoms with van der Waals surface area (Å²) in [4.78, 5) is 0.406. The van der Waals surface area contributed by atoms with Crippen LogP contribution in [0.1, 0.15) is 18.4 Å². The van der Waals surface area contributed by atoms with Gasteiger partial charge in [-0.05, 0) is 36.8 Å². The molecular weight excluding hydrogens is 272 g/mol. The Balaban J connectivity index is 2.07. The third kappa shape index (κ3) is 3.50. The zero-order chi connectivity index (χ0) is 12.3. The first kappa shape index (κ1) is 13.0. The molecule has 1 saturated heterocycles. The normalized spacial score (nSPS) is 19.2. The number of anilines is 1. The van der Waals surface area contributed by atoms with Gasteiger partial charge in [-0.25, -0.2) is 0 Å². The fourth-order valence-corrected chi connectivity index (χ4v) is 3.46. The van der Waals surface area contributed by atoms with Crippen molar-refractivity contribution in [2.24, 2.45) is 5.73 Å². The van der Waals surface area contributed by atoms with E-state index >= 15 is 0 Å². The Labute approximate surface area is 116 Å². The first-order chi connectivity index (χ1) is 8.16. The van der Waals surface area contributed by atoms with E-state index in [-0.39, 0.29) is 0 Å². The van der Waals surface area contributed by atoms with Gasteiger partial charge in [-0.2, -0.15) is 11.8 Å². The van der Waals surface area contributed by atoms with E-state index in [1.54, 1.807) is 0 Å². The van der Waals surface area contributed by atoms with Gasteiger partial charge in [-0.15, -0.1) is 0 Å². The van der Waals surface area contributed by atoms with Gasteiger partial charge in [0.1, 0.15) is 4.99 Å². The molecule has 0 saturated carbocycles. The molecule has 0 aromatic heterocycles. The van der Waals surface area contributed by atoms with Gasteiger partial charge in [0, 0.05) is 28.1 Å². The molecule has 0 amide bonds. The van der Waals surface area contributed by atoms with Crippen molar-refractivity contribution in [1.82, 2.24) is 0 Å². The smallest absolute Gasteiger partial charge is 0.106 e. The molecule has 0 radical (unpaired) electrons. The maximum absolute atomic E-state index is 5.99. The SMILES string of the molecule is NC(=S)c1ccc(Cl)cc1NCC1CCCS1. The fourth-order valence-electron chi connectivity index (χ4n) is 1.91. The van der Waals surface area contributed by atoms with E-state index in [9.17, 15) is 0 Å². The Hall–Kier alpha value is -0.450. The van der Waals surface area contributed by atoms with Crippen LogP contribution in [-0.4, -0.2) is 22.5 Å². The number of nitrogens with two attached hydrogens (primary N) is 1. The molecule has 3 N–H and O–H groups in total. The van der Waals surface area contributed by atoms with Crippen LogP contribution >= 0.6 is 35.6 Å². The second kappa shape index (κ2) is 5.94. The molecule has 0 spiro atoms. The minimum Gasteiger partial charge on any atom is -0.389 e. The average Bonchev–Trinajstić information content (AvgIpc) is 2.78. The highest BCUT2D eigenvalue weighted by molar-refractivity contribution is 8.00. The van der Waals surface area contributed by atoms with Crippen LogP contribution < -0.4 is 11.1 Å². The van der Waals surface area contributed by atoms with Gasteiger partial charge in [0.2, 0.25) is 0 Å². The molecule has 5 heteroatoms. The molecular formula is C12H15ClN2S2. The topological polar surface area (TPSA) is 38.0 Å². The third-order valence-corrected chi connectivity index (χ3v) is 4.64. The van der Waals surface area contributed by atoms with Crippen LogP contribution in [0.4, 0.5) is 5.69 Å². The first-order valence-electron chi connectivity index (χ1n) is 5.61. The van der Waals surface area contributed by atoms with Crippen molar-refractivity contribution in [1.29, 1.82) is 0 Å². The molecule has 1 aliphatic heterocycles. The maximum Gasteiger partial charge on any atom is 0.106 e. The summed E-state index contributed by atoms with van der Waals surface area (Å²) in [5, 5.41) is 4.79. The predicted octanol–water partition coefficient (Wildman–Crippen LogP) is 3.28. The van der Waals surface area contributed by atoms with Crippen molar-refractivity contribution < 1.29 is 0 Å². The number of halogens is 1. The van der Waals surface area contributed by atoms with E-state index in [4.69, 9.17) is 29.6 Å². The minimum atomic E-state index is 0.406. The lowest BCUT2D eigenvalue weighted by molar-refractivity contribution is 0.805. The number of benzene rings is 1. The van der Waals surface area contributed by atoms with Crippen LogP contribution in [0.5, 0.6) is 0 Å². The summed E-state index contributed by atoms with van der Waals surface area (Å²) in [5.41, 5.74) is 7.50. The van der Waals surface area contributed by atoms with Crippen molar-refractivity contribution in [3.8, 4) is 0 Å². The fraction of sp³-hybridized carbons (Fsp3) is 0.417. The summed E-state index contributed by atoms with van der Waals surface area (Å²) in [5.74, 6) is 1.27. The lowest BCUT2D eigenvalue weighted by Gasteiger charge is -2.14. The highest BCUT2D eigenvalue weighted by atomic mass is 35.5. The van der Waals surface area contributed by atoms with Crippen LogP contribution in [0, 0.1) is 0 Å². The first-order valence-corrected chi connectivity index (χ1v) is 7.45. The number of nitrogens with one attached hydrogen (secondary N) is 1. The molecule has 17 heavy (non-hydrogen) atoms. The molecule has 1 aromatic carbocycles. The summed E-state index contributed by atoms with van der Waals surface area (Å²) in [6, 6.07) is 5.57. The predicted molar refractivity (Wildman–Crippen MR) is 81.3 cm³/mol. The van der Waals surface area contributed by atoms with Crippen LogP contribution in [0.15, 0.2) is 18.2 Å². The van der Waals surface area contributed by atoms with Crippen LogP contribution in [0.25, 0.3) is 0 Å². The largest absolute Gasteiger partial charge is 0.389 e. The van der Waals surface area contributed by atoms with Crippen molar-refractivity contribution >= 4 is 46.3 Å². The van der Waals surface area contributed by atoms with Crippen LogP contribution in [0.2, 0.25) is 5.02 Å². The summed E-state index contributed by atoms with van der Waals surface area (Å²) >= 11 is 13.0. The quantitative estimate of drug-likeness (QED) is 0.833. The average molecular weight is 287 g/mol. The summed E-state index contributed by atoms with van der Waals surface area (Å²) in [7, 11) is 0. The van der Waals surface area contributed by atoms with Crippen LogP contribution in [0.3, 0.4) is 0 Å². The van der Waals surface area contributed by atoms with E-state index in [2.05, 4.69) is 5.32 Å². The second-order valence-corrected chi connectivity index (χ2v) is 6.35. The van der Waals surface area contributed by atoms with Crippen molar-refractivity contribution in [3.63, 3.8) is 0 Å². The van der Waals surface area contributed by atoms with Crippen molar-refractivity contribution in [2.45, 2.75) is 18.1 Å². The Morgan fingerprint density at radius 1 is 1.59 bits per heavy atom. The number of thiocarbonyl (C=S) groups is 1. The highest BCUT2D eigenvalue weighted by Crippen LogP contribution is 2.27. The molecule has 1 unspecified atom stereocenters. The molecule has 1 heterocycles. The van der Waals surface area contributed by atoms with E-state index < -0.39 is 0 Å². The molecule has 1 fully saturated rings. The van der Waals surface area contributed by atoms with Crippen molar-refractivity contribution in [3.05, 3.63) is 28.8 Å². The molecule has 92 valence electrons. The second-order valence-electron chi connectivity index (χ2n) is 4.07. The van der Waals surface area contributed by atoms with Crippen LogP contribution in [-0.2, 0) is 0 Å². The lowest BCUT2D eigenvalue weighted by Crippen LogP contribution is -2.18. The van der Waals surface area contributed by atoms with Gasteiger partial charge < -0.3 is 11.1 Å². The Morgan fingerprint density at radius 2 is 2.41 bits per heavy atom. The monoisotopic (exact) mass is 286 g/mol. The summed E-state index contributed by atoms with van der Waals surface area (Å²) < 4.78 is 0. The number of hydrogen-bond acceptors (Lipinski definition) is 3. The van der Waals surface area contributed by atoms with Gasteiger partial charge in [0.25, 0.3) is 0 Å². The van der Waals surface area contributed by atoms with E-state index in [0.29, 0.717) is 15.3 Å². The van der Waals surface area contributed by atoms with Gasteiger partial charge >= 0.3 is 0 Å². The minimum absolute atomic E-state index is 0.406. The summed E-state index contributed by atoms with van der Waals surface area (Å²) in [6.07, 6.45) is 2.59. The maximum atomic E-state index is 5.99. The van der Waals surface area contributed by atoms with Gasteiger partial charge in [0.15, 0.2) is 0 Å². The van der Waals surface area contributed by atoms with E-state index in [0.717, 1.165) is 17.8 Å². The Bertz CT molecular complexity index is 417. The van der Waals surface area contributed by atoms with Gasteiger partial charge in [0.05, 0.1) is 0 Å². The molecule has 1 aromatic rings. The molecule has 0 bridgehead atoms. The number of thioether (sulfide) groups is 1. The number of rotatable bonds is 4. The van der Waals surface area contributed by atoms with Crippen molar-refractivity contribution in [2.75, 3.05) is 17.6 Å². The number of hydrogen-bond donors (Lipinski definition) is 2. The molecule has 2 rings (SSSR count). The van der Waals surface area contributed by atoms with Gasteiger partial charge in [-0.3, -0.25) is 0 Å². The zero-order valence-corrected chi connectivity index (χ0v) is 11.8. The molecule has 1 aliphatic rings. The zero-order valence-electron chi connectivity index (χ0n) is 9.41. The van der Waals surface area contributed by atoms with Gasteiger partial charge in [-0.1, -0.05) is 23.8 Å². The van der Waals surface area contributed by atoms with E-state index in [1.807, 2.05) is 30.0 Å². The Kier molecular flexibility index (Phi) is 4.54. The van der Waals surface area contributed by atoms with E-state index in [1.165, 1.54) is 18.6 Å². The summed E-state index contributed by atoms with van der Waals surface area (Å²) in [6.45, 7) is 0.945. The highest BCUT2D eigenvalue weighted by Gasteiger charge is 2.16. The molecule has 0 aliphatic carbocycles. The molecule has 2 nitrogen and oxygen atoms in total.